The van der Waals surface area contributed by atoms with E-state index in [1.165, 1.54) is 11.3 Å². The molecule has 0 spiro atoms. The highest BCUT2D eigenvalue weighted by Crippen LogP contribution is 2.35. The Hall–Kier alpha value is -4.61. The van der Waals surface area contributed by atoms with Crippen molar-refractivity contribution in [1.82, 2.24) is 14.5 Å². The van der Waals surface area contributed by atoms with Crippen molar-refractivity contribution in [1.29, 1.82) is 0 Å². The van der Waals surface area contributed by atoms with E-state index in [1.54, 1.807) is 41.1 Å². The topological polar surface area (TPSA) is 168 Å². The average molecular weight is 533 g/mol. The van der Waals surface area contributed by atoms with Gasteiger partial charge in [-0.05, 0) is 54.8 Å². The molecule has 7 N–H and O–H groups in total. The number of fused-ring (bicyclic) bond motifs is 1. The molecule has 2 aromatic heterocycles. The van der Waals surface area contributed by atoms with Crippen LogP contribution in [-0.2, 0) is 11.2 Å². The molecule has 1 aliphatic rings. The third-order valence-corrected chi connectivity index (χ3v) is 6.64. The van der Waals surface area contributed by atoms with Crippen LogP contribution < -0.4 is 27.6 Å². The van der Waals surface area contributed by atoms with E-state index in [-0.39, 0.29) is 18.1 Å². The number of imidazole rings is 1. The smallest absolute Gasteiger partial charge is 0.322 e. The van der Waals surface area contributed by atoms with E-state index in [4.69, 9.17) is 28.4 Å². The molecular formula is C26H25ClN8O3. The van der Waals surface area contributed by atoms with E-state index >= 15 is 0 Å². The molecule has 0 bridgehead atoms. The first kappa shape index (κ1) is 25.1. The third kappa shape index (κ3) is 4.97. The lowest BCUT2D eigenvalue weighted by molar-refractivity contribution is -0.134. The van der Waals surface area contributed by atoms with E-state index in [1.807, 2.05) is 24.3 Å². The van der Waals surface area contributed by atoms with Crippen LogP contribution in [-0.4, -0.2) is 38.5 Å². The lowest BCUT2D eigenvalue weighted by atomic mass is 10.0. The Morgan fingerprint density at radius 3 is 2.89 bits per heavy atom. The summed E-state index contributed by atoms with van der Waals surface area (Å²) in [6.45, 7) is -0.179. The van der Waals surface area contributed by atoms with Gasteiger partial charge < -0.3 is 25.8 Å². The van der Waals surface area contributed by atoms with Crippen LogP contribution in [0, 0.1) is 0 Å². The number of benzene rings is 2. The zero-order chi connectivity index (χ0) is 26.8. The van der Waals surface area contributed by atoms with Crippen LogP contribution in [0.2, 0.25) is 5.02 Å². The molecule has 0 saturated carbocycles. The van der Waals surface area contributed by atoms with Gasteiger partial charge in [-0.2, -0.15) is 5.10 Å². The largest absolute Gasteiger partial charge is 0.480 e. The summed E-state index contributed by atoms with van der Waals surface area (Å²) in [5, 5.41) is 17.0. The Labute approximate surface area is 222 Å². The summed E-state index contributed by atoms with van der Waals surface area (Å²) in [5.41, 5.74) is 4.97. The fourth-order valence-electron chi connectivity index (χ4n) is 4.74. The summed E-state index contributed by atoms with van der Waals surface area (Å²) in [4.78, 5) is 32.1. The summed E-state index contributed by atoms with van der Waals surface area (Å²) in [6.07, 6.45) is 4.38. The van der Waals surface area contributed by atoms with Crippen molar-refractivity contribution in [3.63, 3.8) is 0 Å². The zero-order valence-corrected chi connectivity index (χ0v) is 20.9. The van der Waals surface area contributed by atoms with Crippen LogP contribution in [0.4, 0.5) is 11.4 Å². The van der Waals surface area contributed by atoms with Crippen LogP contribution in [0.1, 0.15) is 24.0 Å². The first-order chi connectivity index (χ1) is 18.3. The van der Waals surface area contributed by atoms with Crippen molar-refractivity contribution in [2.24, 2.45) is 16.8 Å². The number of hydrogen-bond donors (Lipinski definition) is 5. The van der Waals surface area contributed by atoms with E-state index in [0.29, 0.717) is 46.2 Å². The van der Waals surface area contributed by atoms with E-state index in [2.05, 4.69) is 20.4 Å². The number of anilines is 2. The van der Waals surface area contributed by atoms with Crippen molar-refractivity contribution < 1.29 is 9.90 Å². The molecule has 0 radical (unpaired) electrons. The first-order valence-corrected chi connectivity index (χ1v) is 12.2. The van der Waals surface area contributed by atoms with Gasteiger partial charge in [-0.25, -0.2) is 10.8 Å². The van der Waals surface area contributed by atoms with E-state index < -0.39 is 5.97 Å². The second-order valence-electron chi connectivity index (χ2n) is 8.84. The number of carboxylic acids is 1. The van der Waals surface area contributed by atoms with Crippen molar-refractivity contribution in [2.75, 3.05) is 16.9 Å². The number of nitrogens with two attached hydrogens (primary N) is 2. The number of halogens is 1. The molecule has 12 heteroatoms. The molecule has 3 heterocycles. The summed E-state index contributed by atoms with van der Waals surface area (Å²) >= 11 is 6.26. The molecular weight excluding hydrogens is 508 g/mol. The highest BCUT2D eigenvalue weighted by Gasteiger charge is 2.28. The number of nitrogens with zero attached hydrogens (tertiary/aromatic N) is 4. The molecule has 194 valence electrons. The molecule has 1 aliphatic heterocycles. The van der Waals surface area contributed by atoms with Gasteiger partial charge in [0.1, 0.15) is 18.7 Å². The highest BCUT2D eigenvalue weighted by molar-refractivity contribution is 6.31. The maximum Gasteiger partial charge on any atom is 0.322 e. The van der Waals surface area contributed by atoms with Crippen molar-refractivity contribution in [2.45, 2.75) is 18.9 Å². The van der Waals surface area contributed by atoms with Crippen molar-refractivity contribution in [3.8, 4) is 22.4 Å². The Bertz CT molecular complexity index is 1600. The van der Waals surface area contributed by atoms with Gasteiger partial charge >= 0.3 is 5.97 Å². The predicted molar refractivity (Wildman–Crippen MR) is 147 cm³/mol. The van der Waals surface area contributed by atoms with Crippen molar-refractivity contribution in [3.05, 3.63) is 87.7 Å². The first-order valence-electron chi connectivity index (χ1n) is 11.8. The fourth-order valence-corrected chi connectivity index (χ4v) is 4.91. The van der Waals surface area contributed by atoms with Crippen LogP contribution in [0.3, 0.4) is 0 Å². The standard InChI is InChI=1S/C26H25ClN8O3/c27-17-4-6-22(34(29)14-32-28)20(11-17)16-9-19-5-7-23(35(19)24(36)10-16)26-31-12-21(33-26)15-2-1-3-18(8-15)30-13-25(37)38/h1-4,6,8-12,14,23,30H,5,7,13,28-29H2,(H,31,33)(H,37,38)/b32-14-. The van der Waals surface area contributed by atoms with Crippen LogP contribution >= 0.6 is 11.6 Å². The van der Waals surface area contributed by atoms with Crippen LogP contribution in [0.15, 0.2) is 70.7 Å². The van der Waals surface area contributed by atoms with Gasteiger partial charge in [0.25, 0.3) is 5.56 Å². The zero-order valence-electron chi connectivity index (χ0n) is 20.1. The number of aromatic amines is 1. The molecule has 0 amide bonds. The quantitative estimate of drug-likeness (QED) is 0.0997. The molecule has 38 heavy (non-hydrogen) atoms. The van der Waals surface area contributed by atoms with Crippen LogP contribution in [0.5, 0.6) is 0 Å². The summed E-state index contributed by atoms with van der Waals surface area (Å²) < 4.78 is 1.75. The molecule has 1 atom stereocenters. The van der Waals surface area contributed by atoms with Gasteiger partial charge in [0.15, 0.2) is 0 Å². The van der Waals surface area contributed by atoms with Gasteiger partial charge in [-0.3, -0.25) is 14.6 Å². The molecule has 0 saturated heterocycles. The molecule has 5 rings (SSSR count). The summed E-state index contributed by atoms with van der Waals surface area (Å²) in [6, 6.07) is 15.9. The van der Waals surface area contributed by atoms with Gasteiger partial charge in [0, 0.05) is 33.6 Å². The fraction of sp³-hybridized carbons (Fsp3) is 0.154. The molecule has 0 aliphatic carbocycles. The summed E-state index contributed by atoms with van der Waals surface area (Å²) in [7, 11) is 0. The monoisotopic (exact) mass is 532 g/mol. The third-order valence-electron chi connectivity index (χ3n) is 6.40. The average Bonchev–Trinajstić information content (AvgIpc) is 3.55. The van der Waals surface area contributed by atoms with E-state index in [0.717, 1.165) is 17.0 Å². The number of rotatable bonds is 8. The SMILES string of the molecule is N/N=C\N(N)c1ccc(Cl)cc1-c1cc2n(c(=O)c1)C(c1ncc(-c3cccc(NCC(=O)O)c3)[nH]1)CC2. The Morgan fingerprint density at radius 1 is 1.26 bits per heavy atom. The number of hydrazine groups is 1. The number of aliphatic carboxylic acids is 1. The molecule has 4 aromatic rings. The maximum absolute atomic E-state index is 13.4. The lowest BCUT2D eigenvalue weighted by Gasteiger charge is -2.18. The highest BCUT2D eigenvalue weighted by atomic mass is 35.5. The minimum absolute atomic E-state index is 0.167. The minimum Gasteiger partial charge on any atom is -0.480 e. The number of carbonyl (C=O) groups is 1. The molecule has 0 fully saturated rings. The molecule has 1 unspecified atom stereocenters. The lowest BCUT2D eigenvalue weighted by Crippen LogP contribution is -2.30. The van der Waals surface area contributed by atoms with Gasteiger partial charge in [-0.15, -0.1) is 0 Å². The number of carboxylic acid groups (broad SMARTS) is 1. The van der Waals surface area contributed by atoms with E-state index in [9.17, 15) is 9.59 Å². The normalized spacial score (nSPS) is 14.5. The number of pyridine rings is 1. The second kappa shape index (κ2) is 10.4. The number of nitrogens with one attached hydrogen (secondary N) is 2. The Morgan fingerprint density at radius 2 is 2.11 bits per heavy atom. The second-order valence-corrected chi connectivity index (χ2v) is 9.28. The maximum atomic E-state index is 13.4. The molecule has 2 aromatic carbocycles. The van der Waals surface area contributed by atoms with Crippen molar-refractivity contribution >= 4 is 35.3 Å². The molecule has 11 nitrogen and oxygen atoms in total. The number of H-pyrrole nitrogens is 1. The van der Waals surface area contributed by atoms with Gasteiger partial charge in [0.05, 0.1) is 23.6 Å². The predicted octanol–water partition coefficient (Wildman–Crippen LogP) is 3.17. The number of aromatic nitrogens is 3. The van der Waals surface area contributed by atoms with Crippen LogP contribution in [0.25, 0.3) is 22.4 Å². The minimum atomic E-state index is -0.941. The Balaban J connectivity index is 1.46. The summed E-state index contributed by atoms with van der Waals surface area (Å²) in [5.74, 6) is 11.1. The number of hydrogen-bond acceptors (Lipinski definition) is 7. The van der Waals surface area contributed by atoms with Gasteiger partial charge in [0.2, 0.25) is 0 Å². The number of hydrazone groups is 1. The number of aryl methyl sites for hydroxylation is 1. The van der Waals surface area contributed by atoms with Gasteiger partial charge in [-0.1, -0.05) is 23.7 Å². The Kier molecular flexibility index (Phi) is 6.86.